The highest BCUT2D eigenvalue weighted by molar-refractivity contribution is 9.10. The van der Waals surface area contributed by atoms with Gasteiger partial charge in [0, 0.05) is 0 Å². The summed E-state index contributed by atoms with van der Waals surface area (Å²) in [5.41, 5.74) is 0.399. The molecule has 1 unspecified atom stereocenters. The van der Waals surface area contributed by atoms with Gasteiger partial charge in [0.05, 0.1) is 17.9 Å². The fourth-order valence-corrected chi connectivity index (χ4v) is 1.44. The summed E-state index contributed by atoms with van der Waals surface area (Å²) in [6.45, 7) is 3.75. The van der Waals surface area contributed by atoms with Crippen LogP contribution in [-0.2, 0) is 0 Å². The molecule has 0 bridgehead atoms. The molecule has 4 nitrogen and oxygen atoms in total. The normalized spacial score (nSPS) is 12.2. The Hall–Kier alpha value is -1.28. The van der Waals surface area contributed by atoms with Crippen molar-refractivity contribution in [2.24, 2.45) is 5.92 Å². The number of furan rings is 1. The van der Waals surface area contributed by atoms with Crippen molar-refractivity contribution in [1.29, 1.82) is 5.26 Å². The largest absolute Gasteiger partial charge is 0.457 e. The third-order valence-electron chi connectivity index (χ3n) is 1.95. The van der Waals surface area contributed by atoms with Gasteiger partial charge in [0.15, 0.2) is 4.67 Å². The van der Waals surface area contributed by atoms with Crippen LogP contribution in [0.4, 0.5) is 0 Å². The van der Waals surface area contributed by atoms with Crippen molar-refractivity contribution in [3.05, 3.63) is 22.6 Å². The monoisotopic (exact) mass is 270 g/mol. The lowest BCUT2D eigenvalue weighted by atomic mass is 10.1. The molecule has 80 valence electrons. The molecular formula is C10H11BrN2O2. The minimum Gasteiger partial charge on any atom is -0.457 e. The molecule has 0 aromatic carbocycles. The maximum atomic E-state index is 11.6. The Labute approximate surface area is 96.4 Å². The number of nitrogens with zero attached hydrogens (tertiary/aromatic N) is 1. The third-order valence-corrected chi connectivity index (χ3v) is 2.57. The lowest BCUT2D eigenvalue weighted by Gasteiger charge is -2.14. The summed E-state index contributed by atoms with van der Waals surface area (Å²) in [4.78, 5) is 11.6. The molecule has 1 heterocycles. The molecule has 0 saturated carbocycles. The summed E-state index contributed by atoms with van der Waals surface area (Å²) in [6, 6.07) is 3.10. The van der Waals surface area contributed by atoms with Gasteiger partial charge in [-0.25, -0.2) is 0 Å². The molecule has 0 aliphatic rings. The Morgan fingerprint density at radius 2 is 2.33 bits per heavy atom. The molecule has 5 heteroatoms. The van der Waals surface area contributed by atoms with Crippen molar-refractivity contribution in [2.45, 2.75) is 19.9 Å². The number of hydrogen-bond donors (Lipinski definition) is 1. The molecule has 0 aliphatic heterocycles. The predicted molar refractivity (Wildman–Crippen MR) is 58.1 cm³/mol. The van der Waals surface area contributed by atoms with Gasteiger partial charge in [-0.2, -0.15) is 5.26 Å². The number of carbonyl (C=O) groups is 1. The Morgan fingerprint density at radius 3 is 2.73 bits per heavy atom. The summed E-state index contributed by atoms with van der Waals surface area (Å²) in [5.74, 6) is -0.236. The maximum Gasteiger partial charge on any atom is 0.256 e. The van der Waals surface area contributed by atoms with Gasteiger partial charge in [0.2, 0.25) is 0 Å². The first-order valence-electron chi connectivity index (χ1n) is 4.49. The van der Waals surface area contributed by atoms with Crippen LogP contribution in [0, 0.1) is 17.2 Å². The van der Waals surface area contributed by atoms with Gasteiger partial charge in [-0.1, -0.05) is 13.8 Å². The molecule has 1 amide bonds. The van der Waals surface area contributed by atoms with Crippen LogP contribution in [0.15, 0.2) is 21.4 Å². The van der Waals surface area contributed by atoms with Crippen molar-refractivity contribution in [1.82, 2.24) is 5.32 Å². The van der Waals surface area contributed by atoms with E-state index in [0.717, 1.165) is 0 Å². The van der Waals surface area contributed by atoms with Crippen molar-refractivity contribution in [3.8, 4) is 6.07 Å². The van der Waals surface area contributed by atoms with Crippen LogP contribution in [0.3, 0.4) is 0 Å². The Morgan fingerprint density at radius 1 is 1.67 bits per heavy atom. The van der Waals surface area contributed by atoms with Crippen LogP contribution < -0.4 is 5.32 Å². The predicted octanol–water partition coefficient (Wildman–Crippen LogP) is 2.32. The van der Waals surface area contributed by atoms with Crippen LogP contribution in [0.25, 0.3) is 0 Å². The minimum atomic E-state index is -0.487. The van der Waals surface area contributed by atoms with Crippen LogP contribution in [0.2, 0.25) is 0 Å². The molecule has 0 spiro atoms. The van der Waals surface area contributed by atoms with Crippen molar-refractivity contribution < 1.29 is 9.21 Å². The zero-order valence-corrected chi connectivity index (χ0v) is 10.0. The highest BCUT2D eigenvalue weighted by Gasteiger charge is 2.19. The lowest BCUT2D eigenvalue weighted by molar-refractivity contribution is 0.0936. The lowest BCUT2D eigenvalue weighted by Crippen LogP contribution is -2.37. The van der Waals surface area contributed by atoms with E-state index >= 15 is 0 Å². The Bertz CT molecular complexity index is 392. The average Bonchev–Trinajstić information content (AvgIpc) is 2.60. The zero-order valence-electron chi connectivity index (χ0n) is 8.45. The molecule has 1 aromatic rings. The van der Waals surface area contributed by atoms with E-state index in [-0.39, 0.29) is 11.8 Å². The summed E-state index contributed by atoms with van der Waals surface area (Å²) in [6.07, 6.45) is 1.41. The third kappa shape index (κ3) is 2.83. The Balaban J connectivity index is 2.72. The van der Waals surface area contributed by atoms with E-state index in [1.807, 2.05) is 19.9 Å². The highest BCUT2D eigenvalue weighted by Crippen LogP contribution is 2.17. The standard InChI is InChI=1S/C10H11BrN2O2/c1-6(2)8(5-12)13-10(14)7-3-4-15-9(7)11/h3-4,6,8H,1-2H3,(H,13,14). The average molecular weight is 271 g/mol. The molecule has 1 N–H and O–H groups in total. The molecule has 1 atom stereocenters. The van der Waals surface area contributed by atoms with Gasteiger partial charge in [-0.05, 0) is 27.9 Å². The van der Waals surface area contributed by atoms with Crippen LogP contribution in [-0.4, -0.2) is 11.9 Å². The van der Waals surface area contributed by atoms with Crippen molar-refractivity contribution >= 4 is 21.8 Å². The zero-order chi connectivity index (χ0) is 11.4. The molecule has 0 fully saturated rings. The first-order valence-corrected chi connectivity index (χ1v) is 5.29. The van der Waals surface area contributed by atoms with E-state index in [1.54, 1.807) is 6.07 Å². The smallest absolute Gasteiger partial charge is 0.256 e. The van der Waals surface area contributed by atoms with E-state index in [1.165, 1.54) is 6.26 Å². The quantitative estimate of drug-likeness (QED) is 0.917. The number of hydrogen-bond acceptors (Lipinski definition) is 3. The summed E-state index contributed by atoms with van der Waals surface area (Å²) >= 11 is 3.11. The van der Waals surface area contributed by atoms with E-state index in [0.29, 0.717) is 10.2 Å². The van der Waals surface area contributed by atoms with Crippen molar-refractivity contribution in [2.75, 3.05) is 0 Å². The van der Waals surface area contributed by atoms with Crippen LogP contribution in [0.1, 0.15) is 24.2 Å². The molecule has 0 radical (unpaired) electrons. The van der Waals surface area contributed by atoms with Gasteiger partial charge in [0.25, 0.3) is 5.91 Å². The summed E-state index contributed by atoms with van der Waals surface area (Å²) in [5, 5.41) is 11.4. The number of nitrogens with one attached hydrogen (secondary N) is 1. The SMILES string of the molecule is CC(C)C(C#N)NC(=O)c1ccoc1Br. The number of nitriles is 1. The Kier molecular flexibility index (Phi) is 3.92. The van der Waals surface area contributed by atoms with Crippen molar-refractivity contribution in [3.63, 3.8) is 0 Å². The fourth-order valence-electron chi connectivity index (χ4n) is 1.02. The van der Waals surface area contributed by atoms with Gasteiger partial charge in [-0.3, -0.25) is 4.79 Å². The van der Waals surface area contributed by atoms with Gasteiger partial charge in [0.1, 0.15) is 6.04 Å². The number of carbonyl (C=O) groups excluding carboxylic acids is 1. The number of amides is 1. The van der Waals surface area contributed by atoms with E-state index in [2.05, 4.69) is 21.2 Å². The maximum absolute atomic E-state index is 11.6. The fraction of sp³-hybridized carbons (Fsp3) is 0.400. The second-order valence-electron chi connectivity index (χ2n) is 3.43. The summed E-state index contributed by atoms with van der Waals surface area (Å²) in [7, 11) is 0. The van der Waals surface area contributed by atoms with Crippen LogP contribution >= 0.6 is 15.9 Å². The van der Waals surface area contributed by atoms with E-state index in [4.69, 9.17) is 9.68 Å². The first kappa shape index (κ1) is 11.8. The van der Waals surface area contributed by atoms with Gasteiger partial charge >= 0.3 is 0 Å². The van der Waals surface area contributed by atoms with E-state index in [9.17, 15) is 4.79 Å². The molecule has 1 aromatic heterocycles. The molecule has 0 saturated heterocycles. The molecule has 1 rings (SSSR count). The van der Waals surface area contributed by atoms with E-state index < -0.39 is 6.04 Å². The van der Waals surface area contributed by atoms with Gasteiger partial charge in [-0.15, -0.1) is 0 Å². The second-order valence-corrected chi connectivity index (χ2v) is 4.15. The molecular weight excluding hydrogens is 260 g/mol. The number of rotatable bonds is 3. The highest BCUT2D eigenvalue weighted by atomic mass is 79.9. The molecule has 15 heavy (non-hydrogen) atoms. The molecule has 0 aliphatic carbocycles. The van der Waals surface area contributed by atoms with Crippen LogP contribution in [0.5, 0.6) is 0 Å². The van der Waals surface area contributed by atoms with Gasteiger partial charge < -0.3 is 9.73 Å². The number of halogens is 1. The first-order chi connectivity index (χ1) is 7.06. The summed E-state index contributed by atoms with van der Waals surface area (Å²) < 4.78 is 5.31. The topological polar surface area (TPSA) is 66.0 Å². The second kappa shape index (κ2) is 4.99. The minimum absolute atomic E-state index is 0.0737.